The molecule has 0 aliphatic heterocycles. The van der Waals surface area contributed by atoms with Crippen LogP contribution in [-0.2, 0) is 11.3 Å². The lowest BCUT2D eigenvalue weighted by Gasteiger charge is -2.08. The van der Waals surface area contributed by atoms with E-state index in [2.05, 4.69) is 0 Å². The Labute approximate surface area is 149 Å². The van der Waals surface area contributed by atoms with Crippen LogP contribution in [0.4, 0.5) is 5.69 Å². The van der Waals surface area contributed by atoms with Gasteiger partial charge < -0.3 is 9.47 Å². The number of nitro benzene ring substituents is 1. The number of ether oxygens (including phenoxy) is 2. The number of non-ortho nitro benzene ring substituents is 1. The van der Waals surface area contributed by atoms with Gasteiger partial charge in [0.15, 0.2) is 0 Å². The molecule has 0 amide bonds. The maximum atomic E-state index is 11.9. The maximum absolute atomic E-state index is 11.9. The molecule has 0 bridgehead atoms. The van der Waals surface area contributed by atoms with Crippen LogP contribution in [0.1, 0.15) is 15.9 Å². The molecule has 0 atom stereocenters. The Morgan fingerprint density at radius 3 is 2.00 bits per heavy atom. The zero-order valence-corrected chi connectivity index (χ0v) is 13.7. The van der Waals surface area contributed by atoms with Crippen LogP contribution in [0.2, 0.25) is 0 Å². The summed E-state index contributed by atoms with van der Waals surface area (Å²) in [6.45, 7) is 0.158. The fourth-order valence-corrected chi connectivity index (χ4v) is 2.23. The molecule has 0 aromatic heterocycles. The van der Waals surface area contributed by atoms with Crippen molar-refractivity contribution in [2.24, 2.45) is 0 Å². The predicted molar refractivity (Wildman–Crippen MR) is 95.2 cm³/mol. The molecule has 26 heavy (non-hydrogen) atoms. The first-order chi connectivity index (χ1) is 12.6. The summed E-state index contributed by atoms with van der Waals surface area (Å²) in [5, 5.41) is 10.6. The number of carbonyl (C=O) groups excluding carboxylic acids is 1. The molecule has 3 aromatic rings. The zero-order valence-electron chi connectivity index (χ0n) is 13.7. The van der Waals surface area contributed by atoms with Gasteiger partial charge in [-0.05, 0) is 42.0 Å². The van der Waals surface area contributed by atoms with Crippen molar-refractivity contribution in [2.75, 3.05) is 0 Å². The topological polar surface area (TPSA) is 78.7 Å². The fraction of sp³-hybridized carbons (Fsp3) is 0.0500. The van der Waals surface area contributed by atoms with Crippen LogP contribution in [0.15, 0.2) is 78.9 Å². The molecule has 0 saturated heterocycles. The van der Waals surface area contributed by atoms with Gasteiger partial charge in [-0.1, -0.05) is 30.3 Å². The van der Waals surface area contributed by atoms with Crippen LogP contribution in [-0.4, -0.2) is 10.9 Å². The number of rotatable bonds is 6. The van der Waals surface area contributed by atoms with Crippen LogP contribution in [0.5, 0.6) is 11.5 Å². The summed E-state index contributed by atoms with van der Waals surface area (Å²) in [5.41, 5.74) is 1.34. The van der Waals surface area contributed by atoms with Crippen molar-refractivity contribution in [3.63, 3.8) is 0 Å². The summed E-state index contributed by atoms with van der Waals surface area (Å²) in [7, 11) is 0. The molecule has 0 N–H and O–H groups in total. The first kappa shape index (κ1) is 17.2. The molecule has 6 heteroatoms. The molecule has 0 saturated carbocycles. The Morgan fingerprint density at radius 1 is 0.846 bits per heavy atom. The van der Waals surface area contributed by atoms with Gasteiger partial charge in [0.05, 0.1) is 10.5 Å². The molecule has 0 aliphatic rings. The van der Waals surface area contributed by atoms with E-state index in [-0.39, 0.29) is 18.3 Å². The van der Waals surface area contributed by atoms with Crippen molar-refractivity contribution in [3.05, 3.63) is 100 Å². The number of nitro groups is 1. The van der Waals surface area contributed by atoms with Gasteiger partial charge in [-0.15, -0.1) is 0 Å². The normalized spacial score (nSPS) is 10.2. The second-order valence-corrected chi connectivity index (χ2v) is 5.44. The molecule has 0 heterocycles. The Kier molecular flexibility index (Phi) is 5.24. The molecule has 0 aliphatic carbocycles. The molecule has 0 unspecified atom stereocenters. The molecular formula is C20H15NO5. The third-order valence-corrected chi connectivity index (χ3v) is 3.59. The minimum absolute atomic E-state index is 0.00734. The van der Waals surface area contributed by atoms with E-state index in [0.717, 1.165) is 5.56 Å². The van der Waals surface area contributed by atoms with Crippen molar-refractivity contribution in [3.8, 4) is 11.5 Å². The van der Waals surface area contributed by atoms with Crippen LogP contribution in [0.25, 0.3) is 0 Å². The lowest BCUT2D eigenvalue weighted by molar-refractivity contribution is -0.384. The minimum atomic E-state index is -0.463. The smallest absolute Gasteiger partial charge is 0.338 e. The van der Waals surface area contributed by atoms with E-state index in [4.69, 9.17) is 9.47 Å². The third-order valence-electron chi connectivity index (χ3n) is 3.59. The lowest BCUT2D eigenvalue weighted by Crippen LogP contribution is -2.04. The molecule has 6 nitrogen and oxygen atoms in total. The van der Waals surface area contributed by atoms with Gasteiger partial charge in [0.2, 0.25) is 0 Å². The van der Waals surface area contributed by atoms with E-state index in [9.17, 15) is 14.9 Å². The summed E-state index contributed by atoms with van der Waals surface area (Å²) >= 11 is 0. The van der Waals surface area contributed by atoms with Gasteiger partial charge in [0, 0.05) is 12.1 Å². The van der Waals surface area contributed by atoms with Crippen LogP contribution in [0, 0.1) is 10.1 Å². The monoisotopic (exact) mass is 349 g/mol. The van der Waals surface area contributed by atoms with Gasteiger partial charge in [-0.2, -0.15) is 0 Å². The molecule has 0 radical (unpaired) electrons. The molecule has 3 rings (SSSR count). The first-order valence-electron chi connectivity index (χ1n) is 7.85. The number of nitrogens with zero attached hydrogens (tertiary/aromatic N) is 1. The molecule has 0 spiro atoms. The molecule has 0 fully saturated rings. The van der Waals surface area contributed by atoms with Gasteiger partial charge in [-0.25, -0.2) is 4.79 Å². The average molecular weight is 349 g/mol. The quantitative estimate of drug-likeness (QED) is 0.365. The molecular weight excluding hydrogens is 334 g/mol. The summed E-state index contributed by atoms with van der Waals surface area (Å²) in [6, 6.07) is 21.7. The maximum Gasteiger partial charge on any atom is 0.338 e. The fourth-order valence-electron chi connectivity index (χ4n) is 2.23. The van der Waals surface area contributed by atoms with Gasteiger partial charge >= 0.3 is 5.97 Å². The van der Waals surface area contributed by atoms with Crippen molar-refractivity contribution >= 4 is 11.7 Å². The van der Waals surface area contributed by atoms with E-state index < -0.39 is 4.92 Å². The standard InChI is InChI=1S/C20H15NO5/c22-20(16-4-2-1-3-5-16)25-14-15-6-10-18(11-7-15)26-19-12-8-17(9-13-19)21(23)24/h1-13H,14H2. The molecule has 3 aromatic carbocycles. The number of carbonyl (C=O) groups is 1. The zero-order chi connectivity index (χ0) is 18.4. The summed E-state index contributed by atoms with van der Waals surface area (Å²) in [6.07, 6.45) is 0. The Hall–Kier alpha value is -3.67. The highest BCUT2D eigenvalue weighted by Gasteiger charge is 2.07. The summed E-state index contributed by atoms with van der Waals surface area (Å²) < 4.78 is 10.9. The van der Waals surface area contributed by atoms with E-state index in [1.165, 1.54) is 24.3 Å². The second kappa shape index (κ2) is 7.94. The van der Waals surface area contributed by atoms with Crippen molar-refractivity contribution in [1.82, 2.24) is 0 Å². The number of esters is 1. The van der Waals surface area contributed by atoms with E-state index in [1.807, 2.05) is 6.07 Å². The van der Waals surface area contributed by atoms with E-state index in [1.54, 1.807) is 48.5 Å². The SMILES string of the molecule is O=C(OCc1ccc(Oc2ccc([N+](=O)[O-])cc2)cc1)c1ccccc1. The Balaban J connectivity index is 1.56. The van der Waals surface area contributed by atoms with Crippen LogP contribution < -0.4 is 4.74 Å². The third kappa shape index (κ3) is 4.45. The highest BCUT2D eigenvalue weighted by atomic mass is 16.6. The molecule has 130 valence electrons. The van der Waals surface area contributed by atoms with E-state index in [0.29, 0.717) is 17.1 Å². The summed E-state index contributed by atoms with van der Waals surface area (Å²) in [5.74, 6) is 0.702. The average Bonchev–Trinajstić information content (AvgIpc) is 2.68. The summed E-state index contributed by atoms with van der Waals surface area (Å²) in [4.78, 5) is 22.1. The van der Waals surface area contributed by atoms with Crippen molar-refractivity contribution in [2.45, 2.75) is 6.61 Å². The Bertz CT molecular complexity index is 890. The number of benzene rings is 3. The van der Waals surface area contributed by atoms with Gasteiger partial charge in [-0.3, -0.25) is 10.1 Å². The predicted octanol–water partition coefficient (Wildman–Crippen LogP) is 4.74. The Morgan fingerprint density at radius 2 is 1.42 bits per heavy atom. The first-order valence-corrected chi connectivity index (χ1v) is 7.85. The highest BCUT2D eigenvalue weighted by Crippen LogP contribution is 2.24. The van der Waals surface area contributed by atoms with Crippen molar-refractivity contribution in [1.29, 1.82) is 0 Å². The van der Waals surface area contributed by atoms with Crippen LogP contribution in [0.3, 0.4) is 0 Å². The number of hydrogen-bond donors (Lipinski definition) is 0. The second-order valence-electron chi connectivity index (χ2n) is 5.44. The van der Waals surface area contributed by atoms with Crippen LogP contribution >= 0.6 is 0 Å². The lowest BCUT2D eigenvalue weighted by atomic mass is 10.2. The van der Waals surface area contributed by atoms with E-state index >= 15 is 0 Å². The number of hydrogen-bond acceptors (Lipinski definition) is 5. The van der Waals surface area contributed by atoms with Gasteiger partial charge in [0.1, 0.15) is 18.1 Å². The largest absolute Gasteiger partial charge is 0.457 e. The van der Waals surface area contributed by atoms with Crippen molar-refractivity contribution < 1.29 is 19.2 Å². The minimum Gasteiger partial charge on any atom is -0.457 e. The highest BCUT2D eigenvalue weighted by molar-refractivity contribution is 5.89. The van der Waals surface area contributed by atoms with Gasteiger partial charge in [0.25, 0.3) is 5.69 Å².